The zero-order chi connectivity index (χ0) is 14.7. The number of carboxylic acid groups (broad SMARTS) is 1. The number of carbonyl (C=O) groups is 1. The van der Waals surface area contributed by atoms with Crippen LogP contribution in [0.15, 0.2) is 24.3 Å². The number of alkyl halides is 3. The lowest BCUT2D eigenvalue weighted by Crippen LogP contribution is -2.38. The van der Waals surface area contributed by atoms with E-state index in [1.54, 1.807) is 0 Å². The zero-order valence-electron chi connectivity index (χ0n) is 10.3. The van der Waals surface area contributed by atoms with Crippen LogP contribution in [-0.2, 0) is 15.1 Å². The first-order valence-electron chi connectivity index (χ1n) is 5.27. The lowest BCUT2D eigenvalue weighted by molar-refractivity contribution is -0.212. The van der Waals surface area contributed by atoms with Gasteiger partial charge in [-0.3, -0.25) is 0 Å². The molecule has 4 nitrogen and oxygen atoms in total. The van der Waals surface area contributed by atoms with Crippen molar-refractivity contribution < 1.29 is 32.5 Å². The van der Waals surface area contributed by atoms with Crippen molar-refractivity contribution in [3.8, 4) is 5.75 Å². The van der Waals surface area contributed by atoms with Crippen LogP contribution in [0.3, 0.4) is 0 Å². The number of methoxy groups -OCH3 is 1. The molecular weight excluding hydrogens is 265 g/mol. The molecule has 0 amide bonds. The minimum Gasteiger partial charge on any atom is -0.497 e. The van der Waals surface area contributed by atoms with Crippen LogP contribution < -0.4 is 4.74 Å². The van der Waals surface area contributed by atoms with Gasteiger partial charge in [-0.2, -0.15) is 13.2 Å². The molecule has 1 atom stereocenters. The summed E-state index contributed by atoms with van der Waals surface area (Å²) < 4.78 is 45.9. The second-order valence-corrected chi connectivity index (χ2v) is 3.97. The Morgan fingerprint density at radius 2 is 1.79 bits per heavy atom. The fraction of sp³-hybridized carbons (Fsp3) is 0.417. The molecule has 1 aromatic rings. The topological polar surface area (TPSA) is 55.8 Å². The highest BCUT2D eigenvalue weighted by atomic mass is 19.4. The summed E-state index contributed by atoms with van der Waals surface area (Å²) in [6, 6.07) is 5.60. The third-order valence-corrected chi connectivity index (χ3v) is 2.57. The molecule has 0 aliphatic rings. The molecule has 0 aliphatic heterocycles. The summed E-state index contributed by atoms with van der Waals surface area (Å²) in [6.45, 7) is -0.565. The Morgan fingerprint density at radius 3 is 2.16 bits per heavy atom. The van der Waals surface area contributed by atoms with Crippen molar-refractivity contribution in [1.29, 1.82) is 0 Å². The largest absolute Gasteiger partial charge is 0.497 e. The summed E-state index contributed by atoms with van der Waals surface area (Å²) in [4.78, 5) is 11.2. The van der Waals surface area contributed by atoms with Crippen molar-refractivity contribution in [2.24, 2.45) is 0 Å². The third-order valence-electron chi connectivity index (χ3n) is 2.57. The fourth-order valence-electron chi connectivity index (χ4n) is 1.40. The Morgan fingerprint density at radius 1 is 1.26 bits per heavy atom. The average molecular weight is 278 g/mol. The van der Waals surface area contributed by atoms with Gasteiger partial charge in [0.25, 0.3) is 0 Å². The van der Waals surface area contributed by atoms with E-state index in [9.17, 15) is 18.0 Å². The van der Waals surface area contributed by atoms with Gasteiger partial charge in [0.05, 0.1) is 7.11 Å². The molecule has 0 bridgehead atoms. The molecule has 0 aliphatic carbocycles. The second kappa shape index (κ2) is 5.48. The first-order valence-corrected chi connectivity index (χ1v) is 5.27. The monoisotopic (exact) mass is 278 g/mol. The van der Waals surface area contributed by atoms with Crippen LogP contribution >= 0.6 is 0 Å². The molecule has 0 heterocycles. The molecule has 1 aromatic carbocycles. The quantitative estimate of drug-likeness (QED) is 0.899. The number of hydrogen-bond donors (Lipinski definition) is 1. The summed E-state index contributed by atoms with van der Waals surface area (Å²) in [5, 5.41) is 9.09. The van der Waals surface area contributed by atoms with Gasteiger partial charge >= 0.3 is 12.1 Å². The van der Waals surface area contributed by atoms with Gasteiger partial charge in [0.1, 0.15) is 12.4 Å². The molecule has 19 heavy (non-hydrogen) atoms. The lowest BCUT2D eigenvalue weighted by atomic mass is 9.96. The number of benzene rings is 1. The minimum absolute atomic E-state index is 0.102. The predicted octanol–water partition coefficient (Wildman–Crippen LogP) is 2.57. The molecule has 0 spiro atoms. The van der Waals surface area contributed by atoms with E-state index in [1.165, 1.54) is 31.4 Å². The molecule has 1 rings (SSSR count). The Kier molecular flexibility index (Phi) is 4.41. The molecule has 7 heteroatoms. The number of ether oxygens (including phenoxy) is 2. The Bertz CT molecular complexity index is 441. The molecular formula is C12H13F3O4. The number of hydrogen-bond acceptors (Lipinski definition) is 3. The molecule has 1 unspecified atom stereocenters. The molecule has 106 valence electrons. The van der Waals surface area contributed by atoms with E-state index in [2.05, 4.69) is 4.74 Å². The normalized spacial score (nSPS) is 14.8. The van der Waals surface area contributed by atoms with Crippen LogP contribution in [0, 0.1) is 0 Å². The Labute approximate surface area is 107 Å². The zero-order valence-corrected chi connectivity index (χ0v) is 10.3. The molecule has 0 radical (unpaired) electrons. The lowest BCUT2D eigenvalue weighted by Gasteiger charge is -2.26. The average Bonchev–Trinajstić information content (AvgIpc) is 2.35. The molecule has 0 saturated heterocycles. The van der Waals surface area contributed by atoms with Gasteiger partial charge in [0, 0.05) is 0 Å². The Hall–Kier alpha value is -1.76. The highest BCUT2D eigenvalue weighted by molar-refractivity contribution is 5.79. The van der Waals surface area contributed by atoms with Crippen LogP contribution in [0.2, 0.25) is 0 Å². The van der Waals surface area contributed by atoms with Crippen molar-refractivity contribution in [2.75, 3.05) is 13.7 Å². The van der Waals surface area contributed by atoms with Crippen LogP contribution in [0.25, 0.3) is 0 Å². The smallest absolute Gasteiger partial charge is 0.411 e. The van der Waals surface area contributed by atoms with Crippen LogP contribution in [0.4, 0.5) is 13.2 Å². The van der Waals surface area contributed by atoms with Crippen molar-refractivity contribution in [2.45, 2.75) is 18.7 Å². The van der Waals surface area contributed by atoms with Crippen molar-refractivity contribution in [1.82, 2.24) is 0 Å². The van der Waals surface area contributed by atoms with E-state index in [0.29, 0.717) is 5.75 Å². The van der Waals surface area contributed by atoms with E-state index in [0.717, 1.165) is 6.92 Å². The van der Waals surface area contributed by atoms with Crippen LogP contribution in [0.1, 0.15) is 12.5 Å². The maximum Gasteiger partial charge on any atom is 0.411 e. The summed E-state index contributed by atoms with van der Waals surface area (Å²) in [5.74, 6) is -1.03. The third kappa shape index (κ3) is 3.85. The summed E-state index contributed by atoms with van der Waals surface area (Å²) in [5.41, 5.74) is -1.97. The van der Waals surface area contributed by atoms with Crippen molar-refractivity contribution in [3.05, 3.63) is 29.8 Å². The van der Waals surface area contributed by atoms with Crippen LogP contribution in [0.5, 0.6) is 5.75 Å². The summed E-state index contributed by atoms with van der Waals surface area (Å²) >= 11 is 0. The van der Waals surface area contributed by atoms with Gasteiger partial charge in [-0.15, -0.1) is 0 Å². The van der Waals surface area contributed by atoms with E-state index in [1.807, 2.05) is 0 Å². The summed E-state index contributed by atoms with van der Waals surface area (Å²) in [6.07, 6.45) is -4.59. The highest BCUT2D eigenvalue weighted by Gasteiger charge is 2.40. The Balaban J connectivity index is 3.00. The second-order valence-electron chi connectivity index (χ2n) is 3.97. The van der Waals surface area contributed by atoms with Gasteiger partial charge in [-0.25, -0.2) is 4.79 Å². The van der Waals surface area contributed by atoms with E-state index in [-0.39, 0.29) is 5.56 Å². The molecule has 0 saturated carbocycles. The predicted molar refractivity (Wildman–Crippen MR) is 60.0 cm³/mol. The summed E-state index contributed by atoms with van der Waals surface area (Å²) in [7, 11) is 1.42. The highest BCUT2D eigenvalue weighted by Crippen LogP contribution is 2.30. The van der Waals surface area contributed by atoms with E-state index >= 15 is 0 Å². The van der Waals surface area contributed by atoms with E-state index < -0.39 is 24.4 Å². The van der Waals surface area contributed by atoms with Gasteiger partial charge in [0.15, 0.2) is 5.60 Å². The van der Waals surface area contributed by atoms with E-state index in [4.69, 9.17) is 9.84 Å². The molecule has 0 fully saturated rings. The maximum absolute atomic E-state index is 12.1. The number of aliphatic carboxylic acids is 1. The number of halogens is 3. The SMILES string of the molecule is COc1ccc(C(C)(OCC(F)(F)F)C(=O)O)cc1. The van der Waals surface area contributed by atoms with Gasteiger partial charge in [0.2, 0.25) is 0 Å². The van der Waals surface area contributed by atoms with Crippen molar-refractivity contribution >= 4 is 5.97 Å². The van der Waals surface area contributed by atoms with Crippen LogP contribution in [-0.4, -0.2) is 31.0 Å². The maximum atomic E-state index is 12.1. The first kappa shape index (κ1) is 15.3. The number of carboxylic acids is 1. The fourth-order valence-corrected chi connectivity index (χ4v) is 1.40. The van der Waals surface area contributed by atoms with Gasteiger partial charge in [-0.1, -0.05) is 12.1 Å². The van der Waals surface area contributed by atoms with Gasteiger partial charge < -0.3 is 14.6 Å². The van der Waals surface area contributed by atoms with Crippen molar-refractivity contribution in [3.63, 3.8) is 0 Å². The molecule has 1 N–H and O–H groups in total. The first-order chi connectivity index (χ1) is 8.69. The van der Waals surface area contributed by atoms with Gasteiger partial charge in [-0.05, 0) is 24.6 Å². The number of rotatable bonds is 5. The minimum atomic E-state index is -4.59. The molecule has 0 aromatic heterocycles. The standard InChI is InChI=1S/C12H13F3O4/c1-11(10(16)17,19-7-12(13,14)15)8-3-5-9(18-2)6-4-8/h3-6H,7H2,1-2H3,(H,16,17).